The molecule has 0 radical (unpaired) electrons. The molecule has 6 nitrogen and oxygen atoms in total. The number of benzene rings is 2. The van der Waals surface area contributed by atoms with Gasteiger partial charge < -0.3 is 28.8 Å². The molecule has 2 aliphatic rings. The smallest absolute Gasteiger partial charge is 0.191 e. The van der Waals surface area contributed by atoms with Crippen molar-refractivity contribution in [1.29, 1.82) is 0 Å². The molecular formula is C26H32O6. The number of hydrogen-bond donors (Lipinski definition) is 1. The summed E-state index contributed by atoms with van der Waals surface area (Å²) >= 11 is 0. The third-order valence-electron chi connectivity index (χ3n) is 6.12. The van der Waals surface area contributed by atoms with Crippen molar-refractivity contribution in [3.05, 3.63) is 84.4 Å². The van der Waals surface area contributed by atoms with Gasteiger partial charge in [0.15, 0.2) is 12.1 Å². The van der Waals surface area contributed by atoms with E-state index in [2.05, 4.69) is 6.58 Å². The van der Waals surface area contributed by atoms with Gasteiger partial charge in [0.05, 0.1) is 26.4 Å². The molecule has 2 aromatic carbocycles. The molecule has 2 fully saturated rings. The van der Waals surface area contributed by atoms with Gasteiger partial charge in [-0.25, -0.2) is 0 Å². The summed E-state index contributed by atoms with van der Waals surface area (Å²) in [6.07, 6.45) is 0.933. The van der Waals surface area contributed by atoms with Gasteiger partial charge >= 0.3 is 0 Å². The van der Waals surface area contributed by atoms with Crippen LogP contribution in [0.4, 0.5) is 0 Å². The molecule has 32 heavy (non-hydrogen) atoms. The third kappa shape index (κ3) is 4.39. The summed E-state index contributed by atoms with van der Waals surface area (Å²) in [5.74, 6) is -0.829. The van der Waals surface area contributed by atoms with Crippen LogP contribution >= 0.6 is 0 Å². The van der Waals surface area contributed by atoms with Crippen molar-refractivity contribution in [2.75, 3.05) is 13.2 Å². The van der Waals surface area contributed by atoms with Crippen molar-refractivity contribution in [3.63, 3.8) is 0 Å². The van der Waals surface area contributed by atoms with Crippen LogP contribution in [0.15, 0.2) is 73.3 Å². The molecule has 4 atom stereocenters. The lowest BCUT2D eigenvalue weighted by molar-refractivity contribution is -0.287. The molecule has 6 heteroatoms. The maximum Gasteiger partial charge on any atom is 0.191 e. The Bertz CT molecular complexity index is 886. The van der Waals surface area contributed by atoms with E-state index in [1.165, 1.54) is 0 Å². The van der Waals surface area contributed by atoms with Crippen LogP contribution in [0.1, 0.15) is 31.4 Å². The molecule has 0 bridgehead atoms. The first kappa shape index (κ1) is 23.1. The van der Waals surface area contributed by atoms with Crippen molar-refractivity contribution in [2.24, 2.45) is 0 Å². The molecule has 1 N–H and O–H groups in total. The highest BCUT2D eigenvalue weighted by Gasteiger charge is 2.71. The standard InChI is InChI=1S/C26H32O6/c1-4-15-26(29-17-21-13-9-6-10-14-21)22-23(31-24(2,3)30-22)32-25(26,18-27)19-28-16-20-11-7-5-8-12-20/h4-14,22-23,27H,1,15-19H2,2-3H3/t22-,23-,25+,26-/m0/s1. The fourth-order valence-electron chi connectivity index (χ4n) is 4.57. The molecule has 0 saturated carbocycles. The van der Waals surface area contributed by atoms with Crippen LogP contribution < -0.4 is 0 Å². The Morgan fingerprint density at radius 2 is 1.56 bits per heavy atom. The Kier molecular flexibility index (Phi) is 6.81. The monoisotopic (exact) mass is 440 g/mol. The number of aliphatic hydroxyl groups is 1. The van der Waals surface area contributed by atoms with Crippen LogP contribution in [0.2, 0.25) is 0 Å². The molecule has 172 valence electrons. The van der Waals surface area contributed by atoms with Gasteiger partial charge in [-0.1, -0.05) is 66.7 Å². The number of rotatable bonds is 10. The quantitative estimate of drug-likeness (QED) is 0.564. The van der Waals surface area contributed by atoms with E-state index in [0.29, 0.717) is 19.6 Å². The van der Waals surface area contributed by atoms with Gasteiger partial charge in [-0.2, -0.15) is 0 Å². The van der Waals surface area contributed by atoms with Gasteiger partial charge in [-0.15, -0.1) is 6.58 Å². The van der Waals surface area contributed by atoms with E-state index in [0.717, 1.165) is 11.1 Å². The fraction of sp³-hybridized carbons (Fsp3) is 0.462. The first-order chi connectivity index (χ1) is 15.4. The second-order valence-corrected chi connectivity index (χ2v) is 8.83. The van der Waals surface area contributed by atoms with Crippen molar-refractivity contribution in [2.45, 2.75) is 62.9 Å². The van der Waals surface area contributed by atoms with Gasteiger partial charge in [-0.3, -0.25) is 0 Å². The number of hydrogen-bond acceptors (Lipinski definition) is 6. The van der Waals surface area contributed by atoms with Gasteiger partial charge in [-0.05, 0) is 31.4 Å². The second kappa shape index (κ2) is 9.43. The van der Waals surface area contributed by atoms with Crippen LogP contribution in [0.5, 0.6) is 0 Å². The Labute approximate surface area is 189 Å². The molecule has 4 rings (SSSR count). The van der Waals surface area contributed by atoms with Crippen molar-refractivity contribution < 1.29 is 28.8 Å². The molecule has 0 spiro atoms. The molecule has 0 aromatic heterocycles. The second-order valence-electron chi connectivity index (χ2n) is 8.83. The Morgan fingerprint density at radius 3 is 2.16 bits per heavy atom. The highest BCUT2D eigenvalue weighted by Crippen LogP contribution is 2.52. The lowest BCUT2D eigenvalue weighted by Crippen LogP contribution is -2.63. The predicted molar refractivity (Wildman–Crippen MR) is 120 cm³/mol. The topological polar surface area (TPSA) is 66.4 Å². The minimum atomic E-state index is -1.18. The molecule has 2 aliphatic heterocycles. The first-order valence-corrected chi connectivity index (χ1v) is 11.0. The van der Waals surface area contributed by atoms with E-state index in [1.54, 1.807) is 6.08 Å². The van der Waals surface area contributed by atoms with Crippen LogP contribution in [0, 0.1) is 0 Å². The number of aliphatic hydroxyl groups excluding tert-OH is 1. The van der Waals surface area contributed by atoms with Gasteiger partial charge in [0.1, 0.15) is 17.3 Å². The lowest BCUT2D eigenvalue weighted by atomic mass is 9.78. The highest BCUT2D eigenvalue weighted by atomic mass is 16.9. The largest absolute Gasteiger partial charge is 0.393 e. The summed E-state index contributed by atoms with van der Waals surface area (Å²) in [7, 11) is 0. The van der Waals surface area contributed by atoms with E-state index in [-0.39, 0.29) is 13.2 Å². The fourth-order valence-corrected chi connectivity index (χ4v) is 4.57. The summed E-state index contributed by atoms with van der Waals surface area (Å²) < 4.78 is 31.3. The van der Waals surface area contributed by atoms with E-state index < -0.39 is 29.4 Å². The SMILES string of the molecule is C=CC[C@]1(OCc2ccccc2)[C@H]2OC(C)(C)O[C@H]2O[C@]1(CO)COCc1ccccc1. The van der Waals surface area contributed by atoms with E-state index in [9.17, 15) is 5.11 Å². The minimum Gasteiger partial charge on any atom is -0.393 e. The summed E-state index contributed by atoms with van der Waals surface area (Å²) in [5.41, 5.74) is -0.188. The Morgan fingerprint density at radius 1 is 0.938 bits per heavy atom. The van der Waals surface area contributed by atoms with Crippen LogP contribution in [0.3, 0.4) is 0 Å². The average Bonchev–Trinajstić information content (AvgIpc) is 3.22. The minimum absolute atomic E-state index is 0.112. The molecule has 2 heterocycles. The molecule has 0 unspecified atom stereocenters. The summed E-state index contributed by atoms with van der Waals surface area (Å²) in [6, 6.07) is 19.8. The van der Waals surface area contributed by atoms with Crippen molar-refractivity contribution in [1.82, 2.24) is 0 Å². The molecule has 2 aromatic rings. The predicted octanol–water partition coefficient (Wildman–Crippen LogP) is 3.97. The van der Waals surface area contributed by atoms with Crippen LogP contribution in [-0.4, -0.2) is 47.7 Å². The Hall–Kier alpha value is -2.06. The van der Waals surface area contributed by atoms with Crippen molar-refractivity contribution in [3.8, 4) is 0 Å². The zero-order valence-electron chi connectivity index (χ0n) is 18.7. The molecule has 0 aliphatic carbocycles. The van der Waals surface area contributed by atoms with E-state index >= 15 is 0 Å². The van der Waals surface area contributed by atoms with Gasteiger partial charge in [0, 0.05) is 0 Å². The number of fused-ring (bicyclic) bond motifs is 1. The Balaban J connectivity index is 1.63. The normalized spacial score (nSPS) is 30.8. The highest BCUT2D eigenvalue weighted by molar-refractivity contribution is 5.20. The average molecular weight is 441 g/mol. The lowest BCUT2D eigenvalue weighted by Gasteiger charge is -2.45. The molecular weight excluding hydrogens is 408 g/mol. The van der Waals surface area contributed by atoms with Crippen LogP contribution in [0.25, 0.3) is 0 Å². The third-order valence-corrected chi connectivity index (χ3v) is 6.12. The summed E-state index contributed by atoms with van der Waals surface area (Å²) in [5, 5.41) is 10.6. The van der Waals surface area contributed by atoms with Crippen molar-refractivity contribution >= 4 is 0 Å². The maximum atomic E-state index is 10.6. The van der Waals surface area contributed by atoms with Crippen LogP contribution in [-0.2, 0) is 36.9 Å². The zero-order chi connectivity index (χ0) is 22.7. The molecule has 0 amide bonds. The molecule has 2 saturated heterocycles. The van der Waals surface area contributed by atoms with Gasteiger partial charge in [0.2, 0.25) is 0 Å². The summed E-state index contributed by atoms with van der Waals surface area (Å²) in [6.45, 7) is 8.15. The zero-order valence-corrected chi connectivity index (χ0v) is 18.7. The van der Waals surface area contributed by atoms with Gasteiger partial charge in [0.25, 0.3) is 0 Å². The summed E-state index contributed by atoms with van der Waals surface area (Å²) in [4.78, 5) is 0. The maximum absolute atomic E-state index is 10.6. The van der Waals surface area contributed by atoms with E-state index in [1.807, 2.05) is 74.5 Å². The number of ether oxygens (including phenoxy) is 5. The first-order valence-electron chi connectivity index (χ1n) is 11.0. The van der Waals surface area contributed by atoms with E-state index in [4.69, 9.17) is 23.7 Å².